The van der Waals surface area contributed by atoms with E-state index in [2.05, 4.69) is 0 Å². The van der Waals surface area contributed by atoms with Crippen molar-refractivity contribution < 1.29 is 33.3 Å². The highest BCUT2D eigenvalue weighted by Gasteiger charge is 2.21. The summed E-state index contributed by atoms with van der Waals surface area (Å²) < 4.78 is 26.5. The fraction of sp³-hybridized carbons (Fsp3) is 0.364. The number of rotatable bonds is 10. The minimum atomic E-state index is -0.914. The van der Waals surface area contributed by atoms with Gasteiger partial charge in [0.1, 0.15) is 5.75 Å². The molecule has 2 rings (SSSR count). The zero-order valence-corrected chi connectivity index (χ0v) is 17.3. The Balaban J connectivity index is 2.05. The van der Waals surface area contributed by atoms with Crippen molar-refractivity contribution in [2.24, 2.45) is 0 Å². The summed E-state index contributed by atoms with van der Waals surface area (Å²) in [6.07, 6.45) is -0.958. The standard InChI is InChI=1S/C22H26O7/c1-6-28-17-9-7-16(8-10-17)21(24)14(2)29-20(23)13-15-11-18(25-3)22(27-5)19(12-15)26-4/h7-12,14H,6,13H2,1-5H3/t14-/m1/s1. The van der Waals surface area contributed by atoms with Crippen LogP contribution < -0.4 is 18.9 Å². The Kier molecular flexibility index (Phi) is 7.88. The summed E-state index contributed by atoms with van der Waals surface area (Å²) in [5.41, 5.74) is 1.06. The lowest BCUT2D eigenvalue weighted by atomic mass is 10.1. The number of methoxy groups -OCH3 is 3. The van der Waals surface area contributed by atoms with E-state index < -0.39 is 12.1 Å². The second kappa shape index (κ2) is 10.4. The molecule has 7 nitrogen and oxygen atoms in total. The molecule has 1 atom stereocenters. The predicted octanol–water partition coefficient (Wildman–Crippen LogP) is 3.47. The highest BCUT2D eigenvalue weighted by Crippen LogP contribution is 2.38. The van der Waals surface area contributed by atoms with Crippen LogP contribution in [0.2, 0.25) is 0 Å². The number of hydrogen-bond donors (Lipinski definition) is 0. The van der Waals surface area contributed by atoms with Gasteiger partial charge in [0.15, 0.2) is 17.6 Å². The maximum atomic E-state index is 12.5. The fourth-order valence-corrected chi connectivity index (χ4v) is 2.81. The van der Waals surface area contributed by atoms with Crippen molar-refractivity contribution in [1.29, 1.82) is 0 Å². The van der Waals surface area contributed by atoms with Gasteiger partial charge in [-0.05, 0) is 55.8 Å². The lowest BCUT2D eigenvalue weighted by molar-refractivity contribution is -0.145. The molecule has 156 valence electrons. The summed E-state index contributed by atoms with van der Waals surface area (Å²) in [5, 5.41) is 0. The molecule has 0 unspecified atom stereocenters. The Bertz CT molecular complexity index is 818. The molecule has 0 fully saturated rings. The number of carbonyl (C=O) groups is 2. The van der Waals surface area contributed by atoms with Crippen molar-refractivity contribution in [3.63, 3.8) is 0 Å². The van der Waals surface area contributed by atoms with Gasteiger partial charge in [-0.15, -0.1) is 0 Å². The number of hydrogen-bond acceptors (Lipinski definition) is 7. The van der Waals surface area contributed by atoms with Crippen molar-refractivity contribution in [2.45, 2.75) is 26.4 Å². The van der Waals surface area contributed by atoms with Crippen LogP contribution in [0.4, 0.5) is 0 Å². The molecule has 29 heavy (non-hydrogen) atoms. The van der Waals surface area contributed by atoms with Crippen LogP contribution in [0.25, 0.3) is 0 Å². The first-order valence-corrected chi connectivity index (χ1v) is 9.18. The number of Topliss-reactive ketones (excluding diaryl/α,β-unsaturated/α-hetero) is 1. The monoisotopic (exact) mass is 402 g/mol. The van der Waals surface area contributed by atoms with E-state index >= 15 is 0 Å². The van der Waals surface area contributed by atoms with Gasteiger partial charge in [-0.1, -0.05) is 0 Å². The topological polar surface area (TPSA) is 80.3 Å². The third-order valence-electron chi connectivity index (χ3n) is 4.20. The Morgan fingerprint density at radius 1 is 0.931 bits per heavy atom. The highest BCUT2D eigenvalue weighted by molar-refractivity contribution is 6.00. The summed E-state index contributed by atoms with van der Waals surface area (Å²) in [5.74, 6) is 1.17. The normalized spacial score (nSPS) is 11.3. The Labute approximate surface area is 170 Å². The third-order valence-corrected chi connectivity index (χ3v) is 4.20. The van der Waals surface area contributed by atoms with Gasteiger partial charge < -0.3 is 23.7 Å². The first-order valence-electron chi connectivity index (χ1n) is 9.18. The van der Waals surface area contributed by atoms with Gasteiger partial charge in [0.2, 0.25) is 11.5 Å². The molecule has 0 aliphatic rings. The molecule has 0 bridgehead atoms. The average Bonchev–Trinajstić information content (AvgIpc) is 2.73. The van der Waals surface area contributed by atoms with Gasteiger partial charge >= 0.3 is 5.97 Å². The minimum Gasteiger partial charge on any atom is -0.494 e. The van der Waals surface area contributed by atoms with Crippen LogP contribution in [-0.2, 0) is 16.0 Å². The third kappa shape index (κ3) is 5.63. The maximum Gasteiger partial charge on any atom is 0.310 e. The van der Waals surface area contributed by atoms with E-state index in [1.807, 2.05) is 6.92 Å². The van der Waals surface area contributed by atoms with E-state index in [9.17, 15) is 9.59 Å². The maximum absolute atomic E-state index is 12.5. The summed E-state index contributed by atoms with van der Waals surface area (Å²) in [6.45, 7) is 3.97. The second-order valence-corrected chi connectivity index (χ2v) is 6.16. The molecule has 0 aliphatic carbocycles. The van der Waals surface area contributed by atoms with Gasteiger partial charge in [-0.25, -0.2) is 0 Å². The number of benzene rings is 2. The van der Waals surface area contributed by atoms with E-state index in [4.69, 9.17) is 23.7 Å². The number of ketones is 1. The Hall–Kier alpha value is -3.22. The van der Waals surface area contributed by atoms with Gasteiger partial charge in [0.05, 0.1) is 34.4 Å². The molecule has 0 N–H and O–H groups in total. The smallest absolute Gasteiger partial charge is 0.310 e. The molecule has 0 radical (unpaired) electrons. The van der Waals surface area contributed by atoms with E-state index in [0.717, 1.165) is 0 Å². The second-order valence-electron chi connectivity index (χ2n) is 6.16. The van der Waals surface area contributed by atoms with Crippen LogP contribution in [0.3, 0.4) is 0 Å². The lowest BCUT2D eigenvalue weighted by Gasteiger charge is -2.15. The highest BCUT2D eigenvalue weighted by atomic mass is 16.5. The van der Waals surface area contributed by atoms with Gasteiger partial charge in [-0.2, -0.15) is 0 Å². The van der Waals surface area contributed by atoms with Crippen LogP contribution in [0.5, 0.6) is 23.0 Å². The molecule has 7 heteroatoms. The van der Waals surface area contributed by atoms with Gasteiger partial charge in [0.25, 0.3) is 0 Å². The molecule has 0 saturated carbocycles. The summed E-state index contributed by atoms with van der Waals surface area (Å²) >= 11 is 0. The zero-order valence-electron chi connectivity index (χ0n) is 17.3. The Morgan fingerprint density at radius 3 is 2.00 bits per heavy atom. The number of esters is 1. The van der Waals surface area contributed by atoms with Crippen molar-refractivity contribution in [1.82, 2.24) is 0 Å². The van der Waals surface area contributed by atoms with Gasteiger partial charge in [-0.3, -0.25) is 9.59 Å². The van der Waals surface area contributed by atoms with Crippen molar-refractivity contribution in [2.75, 3.05) is 27.9 Å². The molecule has 0 aromatic heterocycles. The quantitative estimate of drug-likeness (QED) is 0.445. The molecule has 2 aromatic carbocycles. The van der Waals surface area contributed by atoms with Crippen LogP contribution >= 0.6 is 0 Å². The number of ether oxygens (including phenoxy) is 5. The van der Waals surface area contributed by atoms with Crippen molar-refractivity contribution in [3.05, 3.63) is 47.5 Å². The van der Waals surface area contributed by atoms with E-state index in [1.54, 1.807) is 43.3 Å². The largest absolute Gasteiger partial charge is 0.494 e. The Morgan fingerprint density at radius 2 is 1.52 bits per heavy atom. The fourth-order valence-electron chi connectivity index (χ4n) is 2.81. The molecule has 0 spiro atoms. The number of carbonyl (C=O) groups excluding carboxylic acids is 2. The molecule has 2 aromatic rings. The van der Waals surface area contributed by atoms with Crippen LogP contribution in [0.1, 0.15) is 29.8 Å². The molecular formula is C22H26O7. The molecule has 0 aliphatic heterocycles. The average molecular weight is 402 g/mol. The lowest BCUT2D eigenvalue weighted by Crippen LogP contribution is -2.25. The van der Waals surface area contributed by atoms with E-state index in [0.29, 0.717) is 40.7 Å². The summed E-state index contributed by atoms with van der Waals surface area (Å²) in [7, 11) is 4.50. The molecular weight excluding hydrogens is 376 g/mol. The molecule has 0 amide bonds. The first kappa shape index (κ1) is 22.1. The minimum absolute atomic E-state index is 0.0440. The molecule has 0 saturated heterocycles. The first-order chi connectivity index (χ1) is 13.9. The summed E-state index contributed by atoms with van der Waals surface area (Å²) in [6, 6.07) is 10.1. The van der Waals surface area contributed by atoms with E-state index in [1.165, 1.54) is 21.3 Å². The van der Waals surface area contributed by atoms with Crippen molar-refractivity contribution in [3.8, 4) is 23.0 Å². The van der Waals surface area contributed by atoms with Crippen LogP contribution in [0, 0.1) is 0 Å². The van der Waals surface area contributed by atoms with E-state index in [-0.39, 0.29) is 12.2 Å². The predicted molar refractivity (Wildman–Crippen MR) is 107 cm³/mol. The van der Waals surface area contributed by atoms with Crippen LogP contribution in [0.15, 0.2) is 36.4 Å². The zero-order chi connectivity index (χ0) is 21.4. The SMILES string of the molecule is CCOc1ccc(C(=O)[C@@H](C)OC(=O)Cc2cc(OC)c(OC)c(OC)c2)cc1. The van der Waals surface area contributed by atoms with Crippen molar-refractivity contribution >= 4 is 11.8 Å². The van der Waals surface area contributed by atoms with Crippen LogP contribution in [-0.4, -0.2) is 45.8 Å². The molecule has 0 heterocycles. The van der Waals surface area contributed by atoms with Gasteiger partial charge in [0, 0.05) is 5.56 Å². The summed E-state index contributed by atoms with van der Waals surface area (Å²) in [4.78, 5) is 24.9.